The number of amides is 2. The van der Waals surface area contributed by atoms with Crippen LogP contribution < -0.4 is 15.4 Å². The quantitative estimate of drug-likeness (QED) is 0.394. The Hall–Kier alpha value is -3.36. The Balaban J connectivity index is 1.86. The number of hydrogen-bond acceptors (Lipinski definition) is 4. The lowest BCUT2D eigenvalue weighted by molar-refractivity contribution is 0.0940. The van der Waals surface area contributed by atoms with Gasteiger partial charge in [0.2, 0.25) is 0 Å². The summed E-state index contributed by atoms with van der Waals surface area (Å²) < 4.78 is 28.3. The van der Waals surface area contributed by atoms with Gasteiger partial charge >= 0.3 is 0 Å². The van der Waals surface area contributed by atoms with Crippen molar-refractivity contribution in [1.29, 1.82) is 0 Å². The molecular formula is C25H26ClN3O4S. The second-order valence-corrected chi connectivity index (χ2v) is 9.96. The first-order valence-electron chi connectivity index (χ1n) is 10.7. The number of anilines is 2. The smallest absolute Gasteiger partial charge is 0.263 e. The summed E-state index contributed by atoms with van der Waals surface area (Å²) in [6, 6.07) is 17.4. The molecule has 0 bridgehead atoms. The molecule has 0 aliphatic heterocycles. The first-order valence-corrected chi connectivity index (χ1v) is 12.6. The number of carbonyl (C=O) groups excluding carboxylic acids is 2. The molecule has 9 heteroatoms. The van der Waals surface area contributed by atoms with E-state index in [0.29, 0.717) is 16.9 Å². The maximum absolute atomic E-state index is 13.0. The van der Waals surface area contributed by atoms with E-state index in [9.17, 15) is 18.0 Å². The van der Waals surface area contributed by atoms with Gasteiger partial charge in [-0.3, -0.25) is 14.3 Å². The van der Waals surface area contributed by atoms with Crippen LogP contribution in [-0.2, 0) is 10.0 Å². The number of aryl methyl sites for hydroxylation is 1. The van der Waals surface area contributed by atoms with Crippen LogP contribution in [-0.4, -0.2) is 26.3 Å². The molecule has 0 aliphatic carbocycles. The molecule has 1 atom stereocenters. The standard InChI is InChI=1S/C25H26ClN3O4S/c1-4-17(3)27-25(31)20-7-5-6-8-22(20)28-24(30)18-11-14-21(26)23(15-18)34(32,33)29-19-12-9-16(2)10-13-19/h5-15,17,29H,4H2,1-3H3,(H,27,31)(H,28,30)/t17-/m0/s1. The fourth-order valence-corrected chi connectivity index (χ4v) is 4.66. The van der Waals surface area contributed by atoms with E-state index in [1.807, 2.05) is 20.8 Å². The number of carbonyl (C=O) groups is 2. The number of benzene rings is 3. The van der Waals surface area contributed by atoms with Crippen LogP contribution in [0.5, 0.6) is 0 Å². The van der Waals surface area contributed by atoms with E-state index in [0.717, 1.165) is 12.0 Å². The highest BCUT2D eigenvalue weighted by Gasteiger charge is 2.21. The molecule has 0 aliphatic rings. The normalized spacial score (nSPS) is 12.0. The first-order chi connectivity index (χ1) is 16.1. The number of hydrogen-bond donors (Lipinski definition) is 3. The third kappa shape index (κ3) is 6.15. The molecule has 0 unspecified atom stereocenters. The Morgan fingerprint density at radius 1 is 0.971 bits per heavy atom. The van der Waals surface area contributed by atoms with E-state index in [4.69, 9.17) is 11.6 Å². The summed E-state index contributed by atoms with van der Waals surface area (Å²) in [6.45, 7) is 5.74. The van der Waals surface area contributed by atoms with Crippen LogP contribution in [0.4, 0.5) is 11.4 Å². The summed E-state index contributed by atoms with van der Waals surface area (Å²) >= 11 is 6.16. The molecule has 7 nitrogen and oxygen atoms in total. The van der Waals surface area contributed by atoms with Gasteiger partial charge in [-0.05, 0) is 62.7 Å². The highest BCUT2D eigenvalue weighted by atomic mass is 35.5. The molecule has 0 aromatic heterocycles. The molecule has 3 rings (SSSR count). The number of halogens is 1. The lowest BCUT2D eigenvalue weighted by Gasteiger charge is -2.15. The molecule has 0 radical (unpaired) electrons. The van der Waals surface area contributed by atoms with Crippen LogP contribution in [0.2, 0.25) is 5.02 Å². The summed E-state index contributed by atoms with van der Waals surface area (Å²) in [7, 11) is -4.05. The Morgan fingerprint density at radius 2 is 1.65 bits per heavy atom. The van der Waals surface area contributed by atoms with E-state index >= 15 is 0 Å². The third-order valence-corrected chi connectivity index (χ3v) is 7.06. The molecule has 3 aromatic carbocycles. The molecule has 0 saturated carbocycles. The minimum atomic E-state index is -4.05. The van der Waals surface area contributed by atoms with Gasteiger partial charge in [-0.15, -0.1) is 0 Å². The van der Waals surface area contributed by atoms with Crippen LogP contribution in [0.1, 0.15) is 46.5 Å². The fraction of sp³-hybridized carbons (Fsp3) is 0.200. The van der Waals surface area contributed by atoms with Crippen molar-refractivity contribution < 1.29 is 18.0 Å². The third-order valence-electron chi connectivity index (χ3n) is 5.20. The predicted molar refractivity (Wildman–Crippen MR) is 135 cm³/mol. The number of sulfonamides is 1. The minimum Gasteiger partial charge on any atom is -0.350 e. The zero-order valence-electron chi connectivity index (χ0n) is 19.1. The highest BCUT2D eigenvalue weighted by molar-refractivity contribution is 7.92. The average Bonchev–Trinajstić information content (AvgIpc) is 2.80. The summed E-state index contributed by atoms with van der Waals surface area (Å²) in [6.07, 6.45) is 0.763. The molecule has 3 aromatic rings. The maximum atomic E-state index is 13.0. The summed E-state index contributed by atoms with van der Waals surface area (Å²) in [5.41, 5.74) is 2.05. The summed E-state index contributed by atoms with van der Waals surface area (Å²) in [4.78, 5) is 25.3. The van der Waals surface area contributed by atoms with Crippen LogP contribution in [0.25, 0.3) is 0 Å². The van der Waals surface area contributed by atoms with E-state index in [1.54, 1.807) is 48.5 Å². The van der Waals surface area contributed by atoms with Gasteiger partial charge in [0, 0.05) is 17.3 Å². The second kappa shape index (κ2) is 10.7. The van der Waals surface area contributed by atoms with Gasteiger partial charge in [0.1, 0.15) is 4.90 Å². The summed E-state index contributed by atoms with van der Waals surface area (Å²) in [5.74, 6) is -0.890. The van der Waals surface area contributed by atoms with Gasteiger partial charge in [0.05, 0.1) is 16.3 Å². The molecule has 0 fully saturated rings. The average molecular weight is 500 g/mol. The van der Waals surface area contributed by atoms with Crippen LogP contribution in [0.3, 0.4) is 0 Å². The molecule has 3 N–H and O–H groups in total. The van der Waals surface area contributed by atoms with Gasteiger partial charge in [-0.2, -0.15) is 0 Å². The lowest BCUT2D eigenvalue weighted by atomic mass is 10.1. The molecule has 2 amide bonds. The number of para-hydroxylation sites is 1. The topological polar surface area (TPSA) is 104 Å². The second-order valence-electron chi connectivity index (χ2n) is 7.90. The zero-order valence-corrected chi connectivity index (χ0v) is 20.6. The largest absolute Gasteiger partial charge is 0.350 e. The molecule has 0 saturated heterocycles. The number of nitrogens with one attached hydrogen (secondary N) is 3. The van der Waals surface area contributed by atoms with Gasteiger partial charge < -0.3 is 10.6 Å². The molecule has 178 valence electrons. The maximum Gasteiger partial charge on any atom is 0.263 e. The van der Waals surface area contributed by atoms with Crippen molar-refractivity contribution in [3.05, 3.63) is 88.4 Å². The van der Waals surface area contributed by atoms with Crippen LogP contribution in [0.15, 0.2) is 71.6 Å². The first kappa shape index (κ1) is 25.3. The Morgan fingerprint density at radius 3 is 2.32 bits per heavy atom. The van der Waals surface area contributed by atoms with E-state index in [2.05, 4.69) is 15.4 Å². The van der Waals surface area contributed by atoms with E-state index in [1.165, 1.54) is 18.2 Å². The zero-order chi connectivity index (χ0) is 24.9. The molecule has 34 heavy (non-hydrogen) atoms. The Kier molecular flexibility index (Phi) is 7.96. The lowest BCUT2D eigenvalue weighted by Crippen LogP contribution is -2.32. The van der Waals surface area contributed by atoms with Crippen molar-refractivity contribution in [1.82, 2.24) is 5.32 Å². The van der Waals surface area contributed by atoms with Gasteiger partial charge in [0.15, 0.2) is 0 Å². The molecular weight excluding hydrogens is 474 g/mol. The van der Waals surface area contributed by atoms with Gasteiger partial charge in [-0.25, -0.2) is 8.42 Å². The fourth-order valence-electron chi connectivity index (χ4n) is 3.07. The van der Waals surface area contributed by atoms with Crippen molar-refractivity contribution >= 4 is 44.8 Å². The van der Waals surface area contributed by atoms with Crippen molar-refractivity contribution in [3.8, 4) is 0 Å². The van der Waals surface area contributed by atoms with Crippen molar-refractivity contribution in [2.75, 3.05) is 10.0 Å². The van der Waals surface area contributed by atoms with Crippen molar-refractivity contribution in [3.63, 3.8) is 0 Å². The van der Waals surface area contributed by atoms with Crippen LogP contribution >= 0.6 is 11.6 Å². The Bertz CT molecular complexity index is 1310. The minimum absolute atomic E-state index is 0.0236. The van der Waals surface area contributed by atoms with E-state index < -0.39 is 15.9 Å². The number of rotatable bonds is 8. The highest BCUT2D eigenvalue weighted by Crippen LogP contribution is 2.26. The molecule has 0 heterocycles. The predicted octanol–water partition coefficient (Wildman–Crippen LogP) is 5.23. The van der Waals surface area contributed by atoms with E-state index in [-0.39, 0.29) is 27.4 Å². The van der Waals surface area contributed by atoms with Gasteiger partial charge in [0.25, 0.3) is 21.8 Å². The van der Waals surface area contributed by atoms with Crippen LogP contribution in [0, 0.1) is 6.92 Å². The monoisotopic (exact) mass is 499 g/mol. The molecule has 0 spiro atoms. The Labute approximate surface area is 204 Å². The summed E-state index contributed by atoms with van der Waals surface area (Å²) in [5, 5.41) is 5.54. The van der Waals surface area contributed by atoms with Crippen molar-refractivity contribution in [2.24, 2.45) is 0 Å². The SMILES string of the molecule is CC[C@H](C)NC(=O)c1ccccc1NC(=O)c1ccc(Cl)c(S(=O)(=O)Nc2ccc(C)cc2)c1. The van der Waals surface area contributed by atoms with Crippen molar-refractivity contribution in [2.45, 2.75) is 38.1 Å². The van der Waals surface area contributed by atoms with Gasteiger partial charge in [-0.1, -0.05) is 48.4 Å².